The molecule has 1 N–H and O–H groups in total. The third kappa shape index (κ3) is 5.67. The van der Waals surface area contributed by atoms with Gasteiger partial charge < -0.3 is 19.6 Å². The third-order valence-electron chi connectivity index (χ3n) is 7.44. The van der Waals surface area contributed by atoms with Crippen LogP contribution >= 0.6 is 11.3 Å². The zero-order valence-electron chi connectivity index (χ0n) is 20.9. The average molecular weight is 522 g/mol. The number of amides is 1. The highest BCUT2D eigenvalue weighted by atomic mass is 32.1. The first-order chi connectivity index (χ1) is 17.8. The summed E-state index contributed by atoms with van der Waals surface area (Å²) in [5, 5.41) is 10.4. The van der Waals surface area contributed by atoms with Crippen molar-refractivity contribution in [3.8, 4) is 5.75 Å². The van der Waals surface area contributed by atoms with Crippen LogP contribution in [0.15, 0.2) is 42.5 Å². The van der Waals surface area contributed by atoms with Gasteiger partial charge in [-0.1, -0.05) is 24.3 Å². The van der Waals surface area contributed by atoms with E-state index in [1.807, 2.05) is 54.4 Å². The molecule has 1 saturated heterocycles. The number of ether oxygens (including phenoxy) is 1. The lowest BCUT2D eigenvalue weighted by molar-refractivity contribution is -0.144. The molecule has 1 amide bonds. The van der Waals surface area contributed by atoms with E-state index in [-0.39, 0.29) is 31.1 Å². The number of rotatable bonds is 9. The number of ketones is 1. The quantitative estimate of drug-likeness (QED) is 0.462. The number of carboxylic acid groups (broad SMARTS) is 1. The maximum absolute atomic E-state index is 13.4. The van der Waals surface area contributed by atoms with Crippen LogP contribution in [-0.2, 0) is 33.6 Å². The molecule has 1 aliphatic heterocycles. The Morgan fingerprint density at radius 1 is 1.05 bits per heavy atom. The smallest absolute Gasteiger partial charge is 0.304 e. The largest absolute Gasteiger partial charge is 0.484 e. The summed E-state index contributed by atoms with van der Waals surface area (Å²) in [4.78, 5) is 46.2. The molecule has 37 heavy (non-hydrogen) atoms. The van der Waals surface area contributed by atoms with Crippen LogP contribution in [0.4, 0.5) is 0 Å². The number of carboxylic acids is 1. The molecule has 0 spiro atoms. The summed E-state index contributed by atoms with van der Waals surface area (Å²) in [6.07, 6.45) is 1.51. The molecule has 2 aliphatic rings. The number of carbonyl (C=O) groups is 3. The highest BCUT2D eigenvalue weighted by Crippen LogP contribution is 2.41. The van der Waals surface area contributed by atoms with Crippen LogP contribution in [0.5, 0.6) is 5.75 Å². The van der Waals surface area contributed by atoms with E-state index in [0.717, 1.165) is 39.4 Å². The number of aromatic nitrogens is 1. The second-order valence-electron chi connectivity index (χ2n) is 10.1. The molecular weight excluding hydrogens is 490 g/mol. The van der Waals surface area contributed by atoms with Crippen LogP contribution in [0, 0.1) is 5.41 Å². The van der Waals surface area contributed by atoms with E-state index in [9.17, 15) is 19.5 Å². The van der Waals surface area contributed by atoms with Gasteiger partial charge in [-0.2, -0.15) is 0 Å². The lowest BCUT2D eigenvalue weighted by atomic mass is 9.76. The van der Waals surface area contributed by atoms with E-state index < -0.39 is 11.4 Å². The number of benzene rings is 2. The van der Waals surface area contributed by atoms with E-state index in [1.165, 1.54) is 11.3 Å². The van der Waals surface area contributed by atoms with Gasteiger partial charge in [0.25, 0.3) is 5.91 Å². The molecule has 0 radical (unpaired) electrons. The molecule has 0 atom stereocenters. The summed E-state index contributed by atoms with van der Waals surface area (Å²) < 4.78 is 6.74. The fraction of sp³-hybridized carbons (Fsp3) is 0.429. The Bertz CT molecular complexity index is 1300. The molecule has 0 unspecified atom stereocenters. The predicted octanol–water partition coefficient (Wildman–Crippen LogP) is 3.21. The van der Waals surface area contributed by atoms with Gasteiger partial charge in [-0.25, -0.2) is 4.98 Å². The van der Waals surface area contributed by atoms with Crippen molar-refractivity contribution in [1.29, 1.82) is 0 Å². The lowest BCUT2D eigenvalue weighted by Gasteiger charge is -2.32. The van der Waals surface area contributed by atoms with Crippen molar-refractivity contribution in [2.75, 3.05) is 39.8 Å². The lowest BCUT2D eigenvalue weighted by Crippen LogP contribution is -2.48. The fourth-order valence-electron chi connectivity index (χ4n) is 5.33. The van der Waals surface area contributed by atoms with E-state index in [1.54, 1.807) is 0 Å². The molecule has 0 saturated carbocycles. The summed E-state index contributed by atoms with van der Waals surface area (Å²) in [6, 6.07) is 13.4. The Labute approximate surface area is 219 Å². The molecule has 8 nitrogen and oxygen atoms in total. The van der Waals surface area contributed by atoms with E-state index >= 15 is 0 Å². The van der Waals surface area contributed by atoms with Crippen molar-refractivity contribution in [3.63, 3.8) is 0 Å². The van der Waals surface area contributed by atoms with E-state index in [2.05, 4.69) is 9.88 Å². The number of nitrogens with zero attached hydrogens (tertiary/aromatic N) is 3. The summed E-state index contributed by atoms with van der Waals surface area (Å²) in [5.41, 5.74) is 2.01. The highest BCUT2D eigenvalue weighted by Gasteiger charge is 2.44. The normalized spacial score (nSPS) is 17.1. The van der Waals surface area contributed by atoms with Crippen molar-refractivity contribution in [2.45, 2.75) is 32.1 Å². The monoisotopic (exact) mass is 521 g/mol. The van der Waals surface area contributed by atoms with Crippen LogP contribution in [-0.4, -0.2) is 77.4 Å². The first kappa shape index (κ1) is 25.4. The summed E-state index contributed by atoms with van der Waals surface area (Å²) in [7, 11) is 2.05. The first-order valence-electron chi connectivity index (χ1n) is 12.6. The third-order valence-corrected chi connectivity index (χ3v) is 8.54. The molecule has 2 heterocycles. The first-order valence-corrected chi connectivity index (χ1v) is 13.4. The minimum Gasteiger partial charge on any atom is -0.484 e. The number of thiazole rings is 1. The summed E-state index contributed by atoms with van der Waals surface area (Å²) in [5.74, 6) is -0.390. The number of aryl methyl sites for hydroxylation is 1. The van der Waals surface area contributed by atoms with Crippen LogP contribution in [0.25, 0.3) is 10.2 Å². The zero-order valence-corrected chi connectivity index (χ0v) is 21.8. The predicted molar refractivity (Wildman–Crippen MR) is 141 cm³/mol. The van der Waals surface area contributed by atoms with Crippen LogP contribution in [0.1, 0.15) is 29.0 Å². The van der Waals surface area contributed by atoms with Gasteiger partial charge in [0.05, 0.1) is 21.6 Å². The van der Waals surface area contributed by atoms with Crippen molar-refractivity contribution in [1.82, 2.24) is 14.8 Å². The number of Topliss-reactive ketones (excluding diaryl/α,β-unsaturated/α-hetero) is 1. The number of likely N-dealkylation sites (N-methyl/N-ethyl adjacent to an activating group) is 1. The van der Waals surface area contributed by atoms with E-state index in [4.69, 9.17) is 4.74 Å². The second kappa shape index (κ2) is 10.6. The molecule has 5 rings (SSSR count). The molecule has 9 heteroatoms. The van der Waals surface area contributed by atoms with Gasteiger partial charge in [0, 0.05) is 50.5 Å². The van der Waals surface area contributed by atoms with Gasteiger partial charge in [-0.15, -0.1) is 11.3 Å². The molecule has 3 aromatic rings. The Morgan fingerprint density at radius 3 is 2.43 bits per heavy atom. The van der Waals surface area contributed by atoms with E-state index in [0.29, 0.717) is 38.1 Å². The summed E-state index contributed by atoms with van der Waals surface area (Å²) in [6.45, 7) is 3.16. The van der Waals surface area contributed by atoms with Crippen molar-refractivity contribution >= 4 is 39.2 Å². The maximum Gasteiger partial charge on any atom is 0.304 e. The van der Waals surface area contributed by atoms with Crippen molar-refractivity contribution in [2.24, 2.45) is 5.41 Å². The Kier molecular flexibility index (Phi) is 7.26. The molecule has 2 aromatic carbocycles. The Balaban J connectivity index is 1.20. The standard InChI is InChI=1S/C28H31N3O5S/c1-30-10-12-31(13-11-30)26(33)18-36-21-6-7-23-22(14-21)29-25(37-23)9-8-24(32)28(17-27(34)35)15-19-4-2-3-5-20(19)16-28/h2-7,14H,8-13,15-18H2,1H3,(H,34,35). The number of aliphatic carboxylic acids is 1. The average Bonchev–Trinajstić information content (AvgIpc) is 3.46. The SMILES string of the molecule is CN1CCN(C(=O)COc2ccc3sc(CCC(=O)C4(CC(=O)O)Cc5ccccc5C4)nc3c2)CC1. The van der Waals surface area contributed by atoms with Gasteiger partial charge in [0.15, 0.2) is 6.61 Å². The van der Waals surface area contributed by atoms with Crippen LogP contribution in [0.3, 0.4) is 0 Å². The Morgan fingerprint density at radius 2 is 1.76 bits per heavy atom. The molecule has 1 aliphatic carbocycles. The number of fused-ring (bicyclic) bond motifs is 2. The van der Waals surface area contributed by atoms with Gasteiger partial charge >= 0.3 is 5.97 Å². The fourth-order valence-corrected chi connectivity index (χ4v) is 6.28. The van der Waals surface area contributed by atoms with Crippen molar-refractivity contribution < 1.29 is 24.2 Å². The van der Waals surface area contributed by atoms with Gasteiger partial charge in [0.1, 0.15) is 11.5 Å². The van der Waals surface area contributed by atoms with Gasteiger partial charge in [0.2, 0.25) is 0 Å². The van der Waals surface area contributed by atoms with Gasteiger partial charge in [-0.05, 0) is 43.1 Å². The number of piperazine rings is 1. The zero-order chi connectivity index (χ0) is 26.0. The van der Waals surface area contributed by atoms with Crippen molar-refractivity contribution in [3.05, 3.63) is 58.6 Å². The minimum atomic E-state index is -0.945. The number of hydrogen-bond acceptors (Lipinski definition) is 7. The maximum atomic E-state index is 13.4. The number of carbonyl (C=O) groups excluding carboxylic acids is 2. The topological polar surface area (TPSA) is 100 Å². The number of hydrogen-bond donors (Lipinski definition) is 1. The Hall–Kier alpha value is -3.30. The highest BCUT2D eigenvalue weighted by molar-refractivity contribution is 7.18. The molecule has 1 fully saturated rings. The molecule has 0 bridgehead atoms. The van der Waals surface area contributed by atoms with Gasteiger partial charge in [-0.3, -0.25) is 14.4 Å². The molecule has 194 valence electrons. The van der Waals surface area contributed by atoms with Crippen LogP contribution < -0.4 is 4.74 Å². The molecule has 1 aromatic heterocycles. The minimum absolute atomic E-state index is 0.00519. The second-order valence-corrected chi connectivity index (χ2v) is 11.2. The summed E-state index contributed by atoms with van der Waals surface area (Å²) >= 11 is 1.52. The molecular formula is C28H31N3O5S. The van der Waals surface area contributed by atoms with Crippen LogP contribution in [0.2, 0.25) is 0 Å².